The summed E-state index contributed by atoms with van der Waals surface area (Å²) in [6.45, 7) is 2.84. The first kappa shape index (κ1) is 18.2. The number of hydrogen-bond acceptors (Lipinski definition) is 4. The molecular weight excluding hydrogens is 324 g/mol. The van der Waals surface area contributed by atoms with E-state index in [0.29, 0.717) is 16.8 Å². The number of aliphatic carboxylic acids is 1. The minimum atomic E-state index is -0.972. The number of carboxylic acids is 1. The number of carbonyl (C=O) groups excluding carboxylic acids is 2. The number of nitrogens with zero attached hydrogens (tertiary/aromatic N) is 2. The van der Waals surface area contributed by atoms with E-state index in [1.54, 1.807) is 35.1 Å². The zero-order valence-corrected chi connectivity index (χ0v) is 13.9. The lowest BCUT2D eigenvalue weighted by atomic mass is 10.2. The third-order valence-electron chi connectivity index (χ3n) is 3.38. The second-order valence-electron chi connectivity index (χ2n) is 5.42. The number of carboxylic acid groups (broad SMARTS) is 1. The van der Waals surface area contributed by atoms with Gasteiger partial charge in [0, 0.05) is 30.5 Å². The molecule has 1 aromatic carbocycles. The third kappa shape index (κ3) is 5.45. The number of carbonyl (C=O) groups is 3. The summed E-state index contributed by atoms with van der Waals surface area (Å²) in [7, 11) is 0. The molecule has 2 aromatic rings. The first-order valence-corrected chi connectivity index (χ1v) is 7.93. The first-order valence-electron chi connectivity index (χ1n) is 7.93. The Kier molecular flexibility index (Phi) is 6.27. The Morgan fingerprint density at radius 3 is 2.48 bits per heavy atom. The van der Waals surface area contributed by atoms with Gasteiger partial charge in [-0.2, -0.15) is 5.10 Å². The molecule has 132 valence electrons. The highest BCUT2D eigenvalue weighted by atomic mass is 16.4. The zero-order chi connectivity index (χ0) is 18.2. The number of rotatable bonds is 8. The number of nitrogens with one attached hydrogen (secondary N) is 2. The Morgan fingerprint density at radius 1 is 1.12 bits per heavy atom. The van der Waals surface area contributed by atoms with Gasteiger partial charge in [-0.1, -0.05) is 6.92 Å². The molecule has 0 unspecified atom stereocenters. The van der Waals surface area contributed by atoms with Crippen LogP contribution in [-0.4, -0.2) is 39.2 Å². The van der Waals surface area contributed by atoms with Crippen LogP contribution in [0.4, 0.5) is 5.69 Å². The molecule has 0 aliphatic heterocycles. The van der Waals surface area contributed by atoms with Gasteiger partial charge < -0.3 is 15.7 Å². The summed E-state index contributed by atoms with van der Waals surface area (Å²) in [6, 6.07) is 6.35. The fourth-order valence-corrected chi connectivity index (χ4v) is 2.13. The highest BCUT2D eigenvalue weighted by Crippen LogP contribution is 2.11. The highest BCUT2D eigenvalue weighted by molar-refractivity contribution is 6.04. The van der Waals surface area contributed by atoms with Gasteiger partial charge >= 0.3 is 5.97 Å². The summed E-state index contributed by atoms with van der Waals surface area (Å²) in [6.07, 6.45) is 3.99. The third-order valence-corrected chi connectivity index (χ3v) is 3.38. The quantitative estimate of drug-likeness (QED) is 0.675. The van der Waals surface area contributed by atoms with Crippen LogP contribution in [0.1, 0.15) is 40.5 Å². The smallest absolute Gasteiger partial charge is 0.305 e. The fourth-order valence-electron chi connectivity index (χ4n) is 2.13. The van der Waals surface area contributed by atoms with Crippen molar-refractivity contribution in [2.45, 2.75) is 26.3 Å². The minimum absolute atomic E-state index is 0.0639. The van der Waals surface area contributed by atoms with Crippen molar-refractivity contribution in [2.75, 3.05) is 11.9 Å². The van der Waals surface area contributed by atoms with E-state index in [1.807, 2.05) is 6.92 Å². The van der Waals surface area contributed by atoms with E-state index >= 15 is 0 Å². The summed E-state index contributed by atoms with van der Waals surface area (Å²) in [4.78, 5) is 34.4. The standard InChI is InChI=1S/C17H20N4O4/c1-2-9-21-11-13(10-19-21)17(25)20-14-5-3-12(4-6-14)16(24)18-8-7-15(22)23/h3-6,10-11H,2,7-9H2,1H3,(H,18,24)(H,20,25)(H,22,23). The van der Waals surface area contributed by atoms with Crippen molar-refractivity contribution in [3.63, 3.8) is 0 Å². The normalized spacial score (nSPS) is 10.3. The van der Waals surface area contributed by atoms with Crippen LogP contribution >= 0.6 is 0 Å². The molecule has 0 spiro atoms. The topological polar surface area (TPSA) is 113 Å². The lowest BCUT2D eigenvalue weighted by Crippen LogP contribution is -2.25. The van der Waals surface area contributed by atoms with Crippen LogP contribution in [0.3, 0.4) is 0 Å². The second kappa shape index (κ2) is 8.62. The number of amides is 2. The molecule has 8 heteroatoms. The summed E-state index contributed by atoms with van der Waals surface area (Å²) in [5, 5.41) is 17.9. The van der Waals surface area contributed by atoms with Crippen LogP contribution in [0.2, 0.25) is 0 Å². The number of hydrogen-bond donors (Lipinski definition) is 3. The Labute approximate surface area is 144 Å². The summed E-state index contributed by atoms with van der Waals surface area (Å²) >= 11 is 0. The van der Waals surface area contributed by atoms with Gasteiger partial charge in [-0.05, 0) is 30.7 Å². The molecule has 0 saturated carbocycles. The average molecular weight is 344 g/mol. The van der Waals surface area contributed by atoms with Crippen molar-refractivity contribution < 1.29 is 19.5 Å². The maximum atomic E-state index is 12.2. The van der Waals surface area contributed by atoms with Crippen LogP contribution < -0.4 is 10.6 Å². The predicted octanol–water partition coefficient (Wildman–Crippen LogP) is 1.75. The zero-order valence-electron chi connectivity index (χ0n) is 13.9. The fraction of sp³-hybridized carbons (Fsp3) is 0.294. The van der Waals surface area contributed by atoms with E-state index in [-0.39, 0.29) is 24.8 Å². The SMILES string of the molecule is CCCn1cc(C(=O)Nc2ccc(C(=O)NCCC(=O)O)cc2)cn1. The molecule has 8 nitrogen and oxygen atoms in total. The van der Waals surface area contributed by atoms with Crippen LogP contribution in [0.15, 0.2) is 36.7 Å². The van der Waals surface area contributed by atoms with Crippen molar-refractivity contribution in [1.29, 1.82) is 0 Å². The molecule has 1 heterocycles. The first-order chi connectivity index (χ1) is 12.0. The number of aryl methyl sites for hydroxylation is 1. The van der Waals surface area contributed by atoms with Gasteiger partial charge in [0.1, 0.15) is 0 Å². The molecule has 0 fully saturated rings. The maximum absolute atomic E-state index is 12.2. The molecule has 25 heavy (non-hydrogen) atoms. The van der Waals surface area contributed by atoms with Gasteiger partial charge in [0.15, 0.2) is 0 Å². The van der Waals surface area contributed by atoms with Crippen LogP contribution in [0.25, 0.3) is 0 Å². The largest absolute Gasteiger partial charge is 0.481 e. The molecule has 2 amide bonds. The molecular formula is C17H20N4O4. The second-order valence-corrected chi connectivity index (χ2v) is 5.42. The van der Waals surface area contributed by atoms with Crippen LogP contribution in [0, 0.1) is 0 Å². The highest BCUT2D eigenvalue weighted by Gasteiger charge is 2.10. The van der Waals surface area contributed by atoms with Crippen molar-refractivity contribution in [1.82, 2.24) is 15.1 Å². The van der Waals surface area contributed by atoms with Gasteiger partial charge in [0.25, 0.3) is 11.8 Å². The molecule has 0 radical (unpaired) electrons. The Hall–Kier alpha value is -3.16. The van der Waals surface area contributed by atoms with Crippen molar-refractivity contribution in [3.8, 4) is 0 Å². The van der Waals surface area contributed by atoms with Crippen LogP contribution in [0.5, 0.6) is 0 Å². The van der Waals surface area contributed by atoms with E-state index in [4.69, 9.17) is 5.11 Å². The summed E-state index contributed by atoms with van der Waals surface area (Å²) < 4.78 is 1.71. The van der Waals surface area contributed by atoms with Crippen molar-refractivity contribution in [2.24, 2.45) is 0 Å². The van der Waals surface area contributed by atoms with E-state index in [2.05, 4.69) is 15.7 Å². The summed E-state index contributed by atoms with van der Waals surface area (Å²) in [5.41, 5.74) is 1.40. The Bertz CT molecular complexity index is 752. The van der Waals surface area contributed by atoms with Gasteiger partial charge in [0.05, 0.1) is 18.2 Å². The van der Waals surface area contributed by atoms with Gasteiger partial charge in [-0.25, -0.2) is 0 Å². The lowest BCUT2D eigenvalue weighted by Gasteiger charge is -2.06. The lowest BCUT2D eigenvalue weighted by molar-refractivity contribution is -0.136. The number of benzene rings is 1. The number of aromatic nitrogens is 2. The molecule has 0 saturated heterocycles. The molecule has 1 aromatic heterocycles. The Morgan fingerprint density at radius 2 is 1.84 bits per heavy atom. The Balaban J connectivity index is 1.91. The van der Waals surface area contributed by atoms with Crippen molar-refractivity contribution >= 4 is 23.5 Å². The van der Waals surface area contributed by atoms with E-state index < -0.39 is 5.97 Å². The average Bonchev–Trinajstić information content (AvgIpc) is 3.04. The van der Waals surface area contributed by atoms with E-state index in [0.717, 1.165) is 13.0 Å². The molecule has 0 atom stereocenters. The molecule has 0 aliphatic carbocycles. The predicted molar refractivity (Wildman–Crippen MR) is 91.5 cm³/mol. The van der Waals surface area contributed by atoms with E-state index in [1.165, 1.54) is 6.20 Å². The van der Waals surface area contributed by atoms with Crippen molar-refractivity contribution in [3.05, 3.63) is 47.8 Å². The van der Waals surface area contributed by atoms with Gasteiger partial charge in [-0.15, -0.1) is 0 Å². The summed E-state index contributed by atoms with van der Waals surface area (Å²) in [5.74, 6) is -1.61. The van der Waals surface area contributed by atoms with Gasteiger partial charge in [-0.3, -0.25) is 19.1 Å². The molecule has 0 bridgehead atoms. The molecule has 0 aliphatic rings. The molecule has 3 N–H and O–H groups in total. The number of anilines is 1. The molecule has 2 rings (SSSR count). The monoisotopic (exact) mass is 344 g/mol. The maximum Gasteiger partial charge on any atom is 0.305 e. The van der Waals surface area contributed by atoms with Gasteiger partial charge in [0.2, 0.25) is 0 Å². The minimum Gasteiger partial charge on any atom is -0.481 e. The van der Waals surface area contributed by atoms with E-state index in [9.17, 15) is 14.4 Å². The van der Waals surface area contributed by atoms with Crippen LogP contribution in [-0.2, 0) is 11.3 Å².